The molecular formula is C23H19Cl2N5O3. The van der Waals surface area contributed by atoms with Crippen LogP contribution in [0, 0.1) is 11.3 Å². The summed E-state index contributed by atoms with van der Waals surface area (Å²) in [4.78, 5) is 19.3. The second-order valence-electron chi connectivity index (χ2n) is 7.94. The van der Waals surface area contributed by atoms with Gasteiger partial charge in [0, 0.05) is 23.1 Å². The fourth-order valence-corrected chi connectivity index (χ4v) is 4.42. The number of nitrogens with one attached hydrogen (secondary N) is 1. The SMILES string of the molecule is N#Cc1c(OC2CCN(C(O)c3ccc(Cl)cc3)CC2)[nH]n2c(=O)c3cc(Cl)ccc3nc12. The molecule has 0 saturated carbocycles. The van der Waals surface area contributed by atoms with E-state index in [1.807, 2.05) is 4.90 Å². The lowest BCUT2D eigenvalue weighted by molar-refractivity contribution is -0.0308. The minimum atomic E-state index is -0.729. The molecule has 1 saturated heterocycles. The molecule has 0 aliphatic carbocycles. The number of piperidine rings is 1. The number of fused-ring (bicyclic) bond motifs is 2. The summed E-state index contributed by atoms with van der Waals surface area (Å²) in [6.07, 6.45) is 0.377. The van der Waals surface area contributed by atoms with Crippen LogP contribution >= 0.6 is 23.2 Å². The third-order valence-electron chi connectivity index (χ3n) is 5.88. The average molecular weight is 484 g/mol. The number of aromatic nitrogens is 3. The number of aliphatic hydroxyl groups is 1. The molecule has 5 rings (SSSR count). The molecule has 4 aromatic rings. The summed E-state index contributed by atoms with van der Waals surface area (Å²) >= 11 is 12.0. The summed E-state index contributed by atoms with van der Waals surface area (Å²) in [5.41, 5.74) is 1.26. The normalized spacial score (nSPS) is 16.2. The zero-order valence-electron chi connectivity index (χ0n) is 17.3. The molecule has 0 radical (unpaired) electrons. The lowest BCUT2D eigenvalue weighted by Crippen LogP contribution is -2.40. The number of nitrogens with zero attached hydrogens (tertiary/aromatic N) is 4. The van der Waals surface area contributed by atoms with Crippen molar-refractivity contribution in [2.24, 2.45) is 0 Å². The fraction of sp³-hybridized carbons (Fsp3) is 0.261. The molecule has 33 heavy (non-hydrogen) atoms. The molecular weight excluding hydrogens is 465 g/mol. The number of rotatable bonds is 4. The van der Waals surface area contributed by atoms with E-state index in [1.54, 1.807) is 42.5 Å². The lowest BCUT2D eigenvalue weighted by Gasteiger charge is -2.35. The van der Waals surface area contributed by atoms with E-state index in [2.05, 4.69) is 16.2 Å². The summed E-state index contributed by atoms with van der Waals surface area (Å²) in [5.74, 6) is 0.209. The molecule has 2 aromatic carbocycles. The van der Waals surface area contributed by atoms with Crippen molar-refractivity contribution in [3.05, 3.63) is 74.0 Å². The Balaban J connectivity index is 1.36. The minimum absolute atomic E-state index is 0.174. The van der Waals surface area contributed by atoms with Crippen LogP contribution in [0.15, 0.2) is 47.3 Å². The predicted molar refractivity (Wildman–Crippen MR) is 125 cm³/mol. The van der Waals surface area contributed by atoms with Gasteiger partial charge in [0.1, 0.15) is 18.4 Å². The number of ether oxygens (including phenoxy) is 1. The highest BCUT2D eigenvalue weighted by atomic mass is 35.5. The van der Waals surface area contributed by atoms with Gasteiger partial charge in [-0.2, -0.15) is 9.78 Å². The molecule has 168 valence electrons. The molecule has 2 aromatic heterocycles. The number of aromatic amines is 1. The number of halogens is 2. The van der Waals surface area contributed by atoms with Crippen LogP contribution in [0.25, 0.3) is 16.6 Å². The highest BCUT2D eigenvalue weighted by Gasteiger charge is 2.27. The van der Waals surface area contributed by atoms with Gasteiger partial charge in [0.15, 0.2) is 11.2 Å². The molecule has 1 atom stereocenters. The third kappa shape index (κ3) is 4.05. The summed E-state index contributed by atoms with van der Waals surface area (Å²) in [7, 11) is 0. The maximum Gasteiger partial charge on any atom is 0.280 e. The van der Waals surface area contributed by atoms with Crippen molar-refractivity contribution in [2.75, 3.05) is 13.1 Å². The number of hydrogen-bond acceptors (Lipinski definition) is 6. The van der Waals surface area contributed by atoms with Crippen LogP contribution in [-0.2, 0) is 0 Å². The van der Waals surface area contributed by atoms with Crippen molar-refractivity contribution in [3.63, 3.8) is 0 Å². The van der Waals surface area contributed by atoms with Gasteiger partial charge in [0.25, 0.3) is 5.56 Å². The van der Waals surface area contributed by atoms with Gasteiger partial charge in [-0.3, -0.25) is 14.8 Å². The summed E-state index contributed by atoms with van der Waals surface area (Å²) in [5, 5.41) is 24.7. The first-order valence-corrected chi connectivity index (χ1v) is 11.2. The van der Waals surface area contributed by atoms with E-state index >= 15 is 0 Å². The Bertz CT molecular complexity index is 1430. The van der Waals surface area contributed by atoms with E-state index in [4.69, 9.17) is 27.9 Å². The van der Waals surface area contributed by atoms with Crippen LogP contribution in [0.3, 0.4) is 0 Å². The Morgan fingerprint density at radius 3 is 2.55 bits per heavy atom. The molecule has 3 heterocycles. The van der Waals surface area contributed by atoms with Crippen LogP contribution in [0.2, 0.25) is 10.0 Å². The van der Waals surface area contributed by atoms with Crippen LogP contribution in [0.1, 0.15) is 30.2 Å². The summed E-state index contributed by atoms with van der Waals surface area (Å²) in [6, 6.07) is 14.1. The molecule has 0 spiro atoms. The number of nitriles is 1. The maximum absolute atomic E-state index is 12.9. The summed E-state index contributed by atoms with van der Waals surface area (Å²) in [6.45, 7) is 1.22. The molecule has 1 unspecified atom stereocenters. The smallest absolute Gasteiger partial charge is 0.280 e. The first-order valence-electron chi connectivity index (χ1n) is 10.4. The number of likely N-dealkylation sites (tertiary alicyclic amines) is 1. The fourth-order valence-electron chi connectivity index (χ4n) is 4.12. The van der Waals surface area contributed by atoms with Gasteiger partial charge in [-0.1, -0.05) is 35.3 Å². The van der Waals surface area contributed by atoms with Crippen LogP contribution in [0.5, 0.6) is 5.88 Å². The van der Waals surface area contributed by atoms with Crippen molar-refractivity contribution in [3.8, 4) is 11.9 Å². The quantitative estimate of drug-likeness (QED) is 0.455. The topological polar surface area (TPSA) is 107 Å². The predicted octanol–water partition coefficient (Wildman–Crippen LogP) is 3.89. The molecule has 1 aliphatic rings. The number of hydrogen-bond donors (Lipinski definition) is 2. The van der Waals surface area contributed by atoms with E-state index in [-0.39, 0.29) is 28.8 Å². The Morgan fingerprint density at radius 1 is 1.15 bits per heavy atom. The Morgan fingerprint density at radius 2 is 1.85 bits per heavy atom. The highest BCUT2D eigenvalue weighted by molar-refractivity contribution is 6.31. The van der Waals surface area contributed by atoms with Gasteiger partial charge in [0.2, 0.25) is 5.88 Å². The Hall–Kier alpha value is -3.09. The standard InChI is InChI=1S/C23H19Cl2N5O3/c24-14-3-1-13(2-4-14)22(31)29-9-7-16(8-10-29)33-21-18(12-26)20-27-19-6-5-15(25)11-17(19)23(32)30(20)28-21/h1-6,11,16,22,28,31H,7-10H2. The number of benzene rings is 2. The zero-order valence-corrected chi connectivity index (χ0v) is 18.8. The van der Waals surface area contributed by atoms with E-state index in [9.17, 15) is 15.2 Å². The second-order valence-corrected chi connectivity index (χ2v) is 8.82. The molecule has 1 fully saturated rings. The molecule has 1 aliphatic heterocycles. The van der Waals surface area contributed by atoms with Gasteiger partial charge in [0.05, 0.1) is 10.9 Å². The Labute approximate surface area is 198 Å². The average Bonchev–Trinajstić information content (AvgIpc) is 3.17. The first kappa shape index (κ1) is 21.7. The monoisotopic (exact) mass is 483 g/mol. The number of aliphatic hydroxyl groups excluding tert-OH is 1. The molecule has 0 bridgehead atoms. The van der Waals surface area contributed by atoms with Gasteiger partial charge >= 0.3 is 0 Å². The second kappa shape index (κ2) is 8.69. The Kier molecular flexibility index (Phi) is 5.72. The molecule has 10 heteroatoms. The van der Waals surface area contributed by atoms with Crippen molar-refractivity contribution >= 4 is 39.8 Å². The molecule has 8 nitrogen and oxygen atoms in total. The van der Waals surface area contributed by atoms with E-state index in [1.165, 1.54) is 4.52 Å². The largest absolute Gasteiger partial charge is 0.474 e. The van der Waals surface area contributed by atoms with Gasteiger partial charge in [-0.05, 0) is 48.7 Å². The number of H-pyrrole nitrogens is 1. The maximum atomic E-state index is 12.9. The van der Waals surface area contributed by atoms with E-state index in [0.717, 1.165) is 5.56 Å². The summed E-state index contributed by atoms with van der Waals surface area (Å²) < 4.78 is 7.30. The third-order valence-corrected chi connectivity index (χ3v) is 6.37. The molecule has 2 N–H and O–H groups in total. The van der Waals surface area contributed by atoms with Crippen LogP contribution in [-0.4, -0.2) is 43.8 Å². The minimum Gasteiger partial charge on any atom is -0.474 e. The van der Waals surface area contributed by atoms with Gasteiger partial charge < -0.3 is 9.84 Å². The van der Waals surface area contributed by atoms with Crippen molar-refractivity contribution in [1.82, 2.24) is 19.5 Å². The van der Waals surface area contributed by atoms with Crippen molar-refractivity contribution in [1.29, 1.82) is 5.26 Å². The zero-order chi connectivity index (χ0) is 23.1. The van der Waals surface area contributed by atoms with Crippen LogP contribution in [0.4, 0.5) is 0 Å². The van der Waals surface area contributed by atoms with E-state index < -0.39 is 6.23 Å². The van der Waals surface area contributed by atoms with Gasteiger partial charge in [-0.15, -0.1) is 0 Å². The van der Waals surface area contributed by atoms with E-state index in [0.29, 0.717) is 46.9 Å². The van der Waals surface area contributed by atoms with Gasteiger partial charge in [-0.25, -0.2) is 4.98 Å². The highest BCUT2D eigenvalue weighted by Crippen LogP contribution is 2.28. The van der Waals surface area contributed by atoms with Crippen LogP contribution < -0.4 is 10.3 Å². The van der Waals surface area contributed by atoms with Crippen molar-refractivity contribution in [2.45, 2.75) is 25.2 Å². The lowest BCUT2D eigenvalue weighted by atomic mass is 10.1. The van der Waals surface area contributed by atoms with Crippen molar-refractivity contribution < 1.29 is 9.84 Å². The molecule has 0 amide bonds. The first-order chi connectivity index (χ1) is 15.9.